The van der Waals surface area contributed by atoms with E-state index in [4.69, 9.17) is 5.26 Å². The Morgan fingerprint density at radius 3 is 2.15 bits per heavy atom. The van der Waals surface area contributed by atoms with Crippen molar-refractivity contribution in [3.05, 3.63) is 71.5 Å². The Bertz CT molecular complexity index is 979. The monoisotopic (exact) mass is 357 g/mol. The van der Waals surface area contributed by atoms with Gasteiger partial charge in [-0.25, -0.2) is 9.97 Å². The fraction of sp³-hybridized carbons (Fsp3) is 0.227. The molecular formula is C22H23N5. The SMILES string of the molecule is Cc1nc(Nc2ccc(C#N)cc2)cc(Nc2ccccc2C(C)(C)C)n1. The minimum Gasteiger partial charge on any atom is -0.340 e. The molecule has 0 amide bonds. The lowest BCUT2D eigenvalue weighted by Crippen LogP contribution is -2.14. The normalized spacial score (nSPS) is 10.9. The number of benzene rings is 2. The Morgan fingerprint density at radius 1 is 0.889 bits per heavy atom. The molecule has 0 atom stereocenters. The third kappa shape index (κ3) is 4.62. The van der Waals surface area contributed by atoms with E-state index in [9.17, 15) is 0 Å². The summed E-state index contributed by atoms with van der Waals surface area (Å²) >= 11 is 0. The Hall–Kier alpha value is -3.39. The molecule has 0 saturated heterocycles. The van der Waals surface area contributed by atoms with Gasteiger partial charge in [0, 0.05) is 17.4 Å². The average Bonchev–Trinajstić information content (AvgIpc) is 2.61. The minimum atomic E-state index is 0.0231. The smallest absolute Gasteiger partial charge is 0.136 e. The maximum Gasteiger partial charge on any atom is 0.136 e. The first-order valence-corrected chi connectivity index (χ1v) is 8.84. The van der Waals surface area contributed by atoms with Gasteiger partial charge in [0.05, 0.1) is 11.6 Å². The summed E-state index contributed by atoms with van der Waals surface area (Å²) in [6.07, 6.45) is 0. The van der Waals surface area contributed by atoms with E-state index in [0.717, 1.165) is 17.2 Å². The van der Waals surface area contributed by atoms with Crippen molar-refractivity contribution in [1.82, 2.24) is 9.97 Å². The molecule has 0 fully saturated rings. The van der Waals surface area contributed by atoms with Crippen LogP contribution in [0.2, 0.25) is 0 Å². The zero-order chi connectivity index (χ0) is 19.4. The van der Waals surface area contributed by atoms with Crippen molar-refractivity contribution in [1.29, 1.82) is 5.26 Å². The van der Waals surface area contributed by atoms with Gasteiger partial charge in [-0.2, -0.15) is 5.26 Å². The predicted octanol–water partition coefficient (Wildman–Crippen LogP) is 5.44. The number of anilines is 4. The third-order valence-corrected chi connectivity index (χ3v) is 4.12. The molecule has 0 spiro atoms. The molecule has 0 unspecified atom stereocenters. The molecule has 1 heterocycles. The zero-order valence-electron chi connectivity index (χ0n) is 16.0. The van der Waals surface area contributed by atoms with Crippen LogP contribution in [0.1, 0.15) is 37.7 Å². The number of hydrogen-bond acceptors (Lipinski definition) is 5. The molecule has 0 radical (unpaired) electrons. The average molecular weight is 357 g/mol. The highest BCUT2D eigenvalue weighted by atomic mass is 15.1. The number of nitriles is 1. The van der Waals surface area contributed by atoms with Crippen LogP contribution in [0, 0.1) is 18.3 Å². The number of hydrogen-bond donors (Lipinski definition) is 2. The van der Waals surface area contributed by atoms with Gasteiger partial charge >= 0.3 is 0 Å². The molecule has 0 aliphatic rings. The van der Waals surface area contributed by atoms with Crippen LogP contribution >= 0.6 is 0 Å². The molecule has 136 valence electrons. The highest BCUT2D eigenvalue weighted by molar-refractivity contribution is 5.66. The molecule has 5 nitrogen and oxygen atoms in total. The van der Waals surface area contributed by atoms with Gasteiger partial charge in [0.15, 0.2) is 0 Å². The third-order valence-electron chi connectivity index (χ3n) is 4.12. The predicted molar refractivity (Wildman–Crippen MR) is 110 cm³/mol. The Balaban J connectivity index is 1.87. The molecule has 3 aromatic rings. The van der Waals surface area contributed by atoms with E-state index in [1.165, 1.54) is 5.56 Å². The van der Waals surface area contributed by atoms with Crippen molar-refractivity contribution in [2.24, 2.45) is 0 Å². The van der Waals surface area contributed by atoms with Crippen molar-refractivity contribution in [2.45, 2.75) is 33.1 Å². The van der Waals surface area contributed by atoms with Crippen molar-refractivity contribution in [3.63, 3.8) is 0 Å². The maximum absolute atomic E-state index is 8.91. The lowest BCUT2D eigenvalue weighted by atomic mass is 9.86. The topological polar surface area (TPSA) is 73.6 Å². The number of rotatable bonds is 4. The van der Waals surface area contributed by atoms with Gasteiger partial charge in [0.2, 0.25) is 0 Å². The number of aryl methyl sites for hydroxylation is 1. The van der Waals surface area contributed by atoms with Crippen LogP contribution in [0.4, 0.5) is 23.0 Å². The first-order valence-electron chi connectivity index (χ1n) is 8.84. The quantitative estimate of drug-likeness (QED) is 0.650. The van der Waals surface area contributed by atoms with E-state index in [1.807, 2.05) is 31.2 Å². The number of nitrogens with one attached hydrogen (secondary N) is 2. The van der Waals surface area contributed by atoms with Crippen LogP contribution < -0.4 is 10.6 Å². The van der Waals surface area contributed by atoms with Crippen molar-refractivity contribution >= 4 is 23.0 Å². The summed E-state index contributed by atoms with van der Waals surface area (Å²) in [7, 11) is 0. The van der Waals surface area contributed by atoms with Crippen LogP contribution in [0.15, 0.2) is 54.6 Å². The summed E-state index contributed by atoms with van der Waals surface area (Å²) in [5.41, 5.74) is 3.78. The van der Waals surface area contributed by atoms with Gasteiger partial charge in [0.1, 0.15) is 17.5 Å². The molecule has 0 saturated carbocycles. The van der Waals surface area contributed by atoms with E-state index in [2.05, 4.69) is 65.6 Å². The van der Waals surface area contributed by atoms with E-state index >= 15 is 0 Å². The molecule has 0 aliphatic carbocycles. The standard InChI is InChI=1S/C22H23N5/c1-15-24-20(26-17-11-9-16(14-23)10-12-17)13-21(25-15)27-19-8-6-5-7-18(19)22(2,3)4/h5-13H,1-4H3,(H2,24,25,26,27). The molecule has 0 bridgehead atoms. The molecule has 2 aromatic carbocycles. The molecular weight excluding hydrogens is 334 g/mol. The maximum atomic E-state index is 8.91. The van der Waals surface area contributed by atoms with Crippen LogP contribution in [0.3, 0.4) is 0 Å². The highest BCUT2D eigenvalue weighted by Crippen LogP contribution is 2.31. The zero-order valence-corrected chi connectivity index (χ0v) is 16.0. The summed E-state index contributed by atoms with van der Waals surface area (Å²) < 4.78 is 0. The van der Waals surface area contributed by atoms with Crippen LogP contribution in [-0.4, -0.2) is 9.97 Å². The van der Waals surface area contributed by atoms with Crippen LogP contribution in [0.5, 0.6) is 0 Å². The van der Waals surface area contributed by atoms with Gasteiger partial charge in [-0.3, -0.25) is 0 Å². The molecule has 27 heavy (non-hydrogen) atoms. The second kappa shape index (κ2) is 7.46. The van der Waals surface area contributed by atoms with Crippen molar-refractivity contribution in [2.75, 3.05) is 10.6 Å². The van der Waals surface area contributed by atoms with E-state index < -0.39 is 0 Å². The summed E-state index contributed by atoms with van der Waals surface area (Å²) in [6, 6.07) is 19.5. The molecule has 3 rings (SSSR count). The Labute approximate surface area is 160 Å². The Kier molecular flexibility index (Phi) is 5.09. The van der Waals surface area contributed by atoms with E-state index in [1.54, 1.807) is 12.1 Å². The molecule has 5 heteroatoms. The second-order valence-electron chi connectivity index (χ2n) is 7.42. The summed E-state index contributed by atoms with van der Waals surface area (Å²) in [6.45, 7) is 8.44. The van der Waals surface area contributed by atoms with Gasteiger partial charge in [-0.05, 0) is 48.2 Å². The summed E-state index contributed by atoms with van der Waals surface area (Å²) in [4.78, 5) is 8.97. The number of aromatic nitrogens is 2. The number of para-hydroxylation sites is 1. The van der Waals surface area contributed by atoms with E-state index in [-0.39, 0.29) is 5.41 Å². The highest BCUT2D eigenvalue weighted by Gasteiger charge is 2.17. The van der Waals surface area contributed by atoms with Crippen LogP contribution in [0.25, 0.3) is 0 Å². The lowest BCUT2D eigenvalue weighted by molar-refractivity contribution is 0.592. The summed E-state index contributed by atoms with van der Waals surface area (Å²) in [5, 5.41) is 15.6. The first kappa shape index (κ1) is 18.4. The van der Waals surface area contributed by atoms with Gasteiger partial charge in [-0.1, -0.05) is 39.0 Å². The van der Waals surface area contributed by atoms with Gasteiger partial charge in [-0.15, -0.1) is 0 Å². The fourth-order valence-corrected chi connectivity index (χ4v) is 2.86. The van der Waals surface area contributed by atoms with Crippen LogP contribution in [-0.2, 0) is 5.41 Å². The number of nitrogens with zero attached hydrogens (tertiary/aromatic N) is 3. The second-order valence-corrected chi connectivity index (χ2v) is 7.42. The molecule has 0 aliphatic heterocycles. The minimum absolute atomic E-state index is 0.0231. The first-order chi connectivity index (χ1) is 12.8. The van der Waals surface area contributed by atoms with E-state index in [0.29, 0.717) is 17.2 Å². The van der Waals surface area contributed by atoms with Gasteiger partial charge in [0.25, 0.3) is 0 Å². The molecule has 2 N–H and O–H groups in total. The van der Waals surface area contributed by atoms with Crippen molar-refractivity contribution < 1.29 is 0 Å². The largest absolute Gasteiger partial charge is 0.340 e. The Morgan fingerprint density at radius 2 is 1.52 bits per heavy atom. The van der Waals surface area contributed by atoms with Crippen molar-refractivity contribution in [3.8, 4) is 6.07 Å². The lowest BCUT2D eigenvalue weighted by Gasteiger charge is -2.23. The fourth-order valence-electron chi connectivity index (χ4n) is 2.86. The summed E-state index contributed by atoms with van der Waals surface area (Å²) in [5.74, 6) is 2.10. The van der Waals surface area contributed by atoms with Gasteiger partial charge < -0.3 is 10.6 Å². The molecule has 1 aromatic heterocycles.